The summed E-state index contributed by atoms with van der Waals surface area (Å²) in [4.78, 5) is 18.6. The van der Waals surface area contributed by atoms with Gasteiger partial charge in [-0.25, -0.2) is 4.98 Å². The van der Waals surface area contributed by atoms with Gasteiger partial charge in [0.05, 0.1) is 25.8 Å². The van der Waals surface area contributed by atoms with E-state index >= 15 is 0 Å². The molecule has 2 fully saturated rings. The van der Waals surface area contributed by atoms with Gasteiger partial charge >= 0.3 is 0 Å². The zero-order chi connectivity index (χ0) is 17.4. The van der Waals surface area contributed by atoms with Crippen LogP contribution < -0.4 is 4.90 Å². The second kappa shape index (κ2) is 7.05. The van der Waals surface area contributed by atoms with Crippen molar-refractivity contribution in [3.8, 4) is 0 Å². The molecule has 25 heavy (non-hydrogen) atoms. The predicted molar refractivity (Wildman–Crippen MR) is 98.1 cm³/mol. The van der Waals surface area contributed by atoms with Crippen molar-refractivity contribution in [2.24, 2.45) is 7.05 Å². The first-order valence-corrected chi connectivity index (χ1v) is 9.47. The minimum Gasteiger partial charge on any atom is -0.377 e. The molecule has 2 aliphatic rings. The number of likely N-dealkylation sites (tertiary alicyclic amines) is 1. The van der Waals surface area contributed by atoms with Crippen molar-refractivity contribution < 1.29 is 4.74 Å². The summed E-state index contributed by atoms with van der Waals surface area (Å²) in [5.41, 5.74) is 1.65. The summed E-state index contributed by atoms with van der Waals surface area (Å²) in [5.74, 6) is 1.85. The zero-order valence-electron chi connectivity index (χ0n) is 14.9. The fourth-order valence-electron chi connectivity index (χ4n) is 3.77. The molecule has 0 saturated carbocycles. The van der Waals surface area contributed by atoms with Crippen LogP contribution in [0.3, 0.4) is 0 Å². The van der Waals surface area contributed by atoms with Gasteiger partial charge in [-0.15, -0.1) is 0 Å². The number of aryl methyl sites for hydroxylation is 1. The summed E-state index contributed by atoms with van der Waals surface area (Å²) in [7, 11) is 2.02. The van der Waals surface area contributed by atoms with Crippen LogP contribution in [0.15, 0.2) is 0 Å². The van der Waals surface area contributed by atoms with Crippen molar-refractivity contribution in [3.05, 3.63) is 11.1 Å². The first kappa shape index (κ1) is 17.0. The molecule has 0 bridgehead atoms. The standard InChI is InChI=1S/C17H25ClN6O/c1-12-11-25-9-8-24(12)16-14-15(20-17(18)21-16)22(2)13(19-14)10-23-6-4-3-5-7-23/h12H,3-11H2,1-2H3/t12-/m1/s1. The molecule has 136 valence electrons. The van der Waals surface area contributed by atoms with E-state index in [1.54, 1.807) is 0 Å². The van der Waals surface area contributed by atoms with Crippen molar-refractivity contribution in [2.75, 3.05) is 37.7 Å². The van der Waals surface area contributed by atoms with Gasteiger partial charge in [-0.1, -0.05) is 6.42 Å². The number of anilines is 1. The van der Waals surface area contributed by atoms with Crippen LogP contribution in [0.4, 0.5) is 5.82 Å². The molecular formula is C17H25ClN6O. The molecule has 2 aromatic rings. The zero-order valence-corrected chi connectivity index (χ0v) is 15.7. The fraction of sp³-hybridized carbons (Fsp3) is 0.706. The average Bonchev–Trinajstić information content (AvgIpc) is 2.92. The maximum absolute atomic E-state index is 6.23. The maximum atomic E-state index is 6.23. The van der Waals surface area contributed by atoms with Gasteiger partial charge in [0.1, 0.15) is 5.82 Å². The summed E-state index contributed by atoms with van der Waals surface area (Å²) < 4.78 is 7.62. The molecule has 0 aromatic carbocycles. The third-order valence-corrected chi connectivity index (χ3v) is 5.39. The first-order valence-electron chi connectivity index (χ1n) is 9.09. The highest BCUT2D eigenvalue weighted by Crippen LogP contribution is 2.28. The summed E-state index contributed by atoms with van der Waals surface area (Å²) in [5, 5.41) is 0.272. The maximum Gasteiger partial charge on any atom is 0.226 e. The lowest BCUT2D eigenvalue weighted by Crippen LogP contribution is -2.44. The Morgan fingerprint density at radius 1 is 1.12 bits per heavy atom. The molecule has 8 heteroatoms. The Labute approximate surface area is 152 Å². The molecule has 0 amide bonds. The van der Waals surface area contributed by atoms with E-state index in [1.165, 1.54) is 19.3 Å². The lowest BCUT2D eigenvalue weighted by Gasteiger charge is -2.34. The number of aromatic nitrogens is 4. The number of piperidine rings is 1. The molecular weight excluding hydrogens is 340 g/mol. The Morgan fingerprint density at radius 2 is 1.92 bits per heavy atom. The third-order valence-electron chi connectivity index (χ3n) is 5.22. The van der Waals surface area contributed by atoms with E-state index in [-0.39, 0.29) is 11.3 Å². The van der Waals surface area contributed by atoms with Crippen LogP contribution in [0.2, 0.25) is 5.28 Å². The molecule has 0 radical (unpaired) electrons. The van der Waals surface area contributed by atoms with Crippen molar-refractivity contribution in [1.29, 1.82) is 0 Å². The third kappa shape index (κ3) is 3.32. The van der Waals surface area contributed by atoms with Gasteiger partial charge in [-0.2, -0.15) is 9.97 Å². The Morgan fingerprint density at radius 3 is 2.68 bits per heavy atom. The van der Waals surface area contributed by atoms with Crippen LogP contribution in [-0.4, -0.2) is 63.3 Å². The van der Waals surface area contributed by atoms with Crippen molar-refractivity contribution in [3.63, 3.8) is 0 Å². The molecule has 4 rings (SSSR count). The molecule has 4 heterocycles. The molecule has 0 N–H and O–H groups in total. The van der Waals surface area contributed by atoms with E-state index in [4.69, 9.17) is 21.3 Å². The van der Waals surface area contributed by atoms with E-state index in [0.717, 1.165) is 49.0 Å². The number of hydrogen-bond donors (Lipinski definition) is 0. The summed E-state index contributed by atoms with van der Waals surface area (Å²) in [6.45, 7) is 7.45. The number of imidazole rings is 1. The van der Waals surface area contributed by atoms with Crippen molar-refractivity contribution >= 4 is 28.6 Å². The largest absolute Gasteiger partial charge is 0.377 e. The minimum atomic E-state index is 0.246. The van der Waals surface area contributed by atoms with Crippen LogP contribution in [0.5, 0.6) is 0 Å². The monoisotopic (exact) mass is 364 g/mol. The van der Waals surface area contributed by atoms with Gasteiger partial charge in [0.25, 0.3) is 0 Å². The minimum absolute atomic E-state index is 0.246. The second-order valence-corrected chi connectivity index (χ2v) is 7.37. The highest BCUT2D eigenvalue weighted by atomic mass is 35.5. The number of halogens is 1. The first-order chi connectivity index (χ1) is 12.1. The smallest absolute Gasteiger partial charge is 0.226 e. The van der Waals surface area contributed by atoms with E-state index in [1.807, 2.05) is 7.05 Å². The predicted octanol–water partition coefficient (Wildman–Crippen LogP) is 2.23. The number of hydrogen-bond acceptors (Lipinski definition) is 6. The summed E-state index contributed by atoms with van der Waals surface area (Å²) >= 11 is 6.23. The Hall–Kier alpha value is -1.44. The number of morpholine rings is 1. The van der Waals surface area contributed by atoms with Crippen LogP contribution in [-0.2, 0) is 18.3 Å². The molecule has 1 atom stereocenters. The van der Waals surface area contributed by atoms with E-state index < -0.39 is 0 Å². The van der Waals surface area contributed by atoms with Gasteiger partial charge in [0.15, 0.2) is 17.0 Å². The number of rotatable bonds is 3. The SMILES string of the molecule is C[C@@H]1COCCN1c1nc(Cl)nc2c1nc(CN1CCCCC1)n2C. The molecule has 2 saturated heterocycles. The second-order valence-electron chi connectivity index (χ2n) is 7.03. The normalized spacial score (nSPS) is 22.7. The molecule has 0 aliphatic carbocycles. The molecule has 2 aromatic heterocycles. The number of fused-ring (bicyclic) bond motifs is 1. The van der Waals surface area contributed by atoms with Gasteiger partial charge in [-0.3, -0.25) is 4.90 Å². The van der Waals surface area contributed by atoms with E-state index in [9.17, 15) is 0 Å². The molecule has 0 spiro atoms. The topological polar surface area (TPSA) is 59.3 Å². The highest BCUT2D eigenvalue weighted by molar-refractivity contribution is 6.28. The lowest BCUT2D eigenvalue weighted by molar-refractivity contribution is 0.0986. The molecule has 7 nitrogen and oxygen atoms in total. The Bertz CT molecular complexity index is 757. The molecule has 2 aliphatic heterocycles. The number of nitrogens with zero attached hydrogens (tertiary/aromatic N) is 6. The van der Waals surface area contributed by atoms with Gasteiger partial charge in [-0.05, 0) is 44.5 Å². The highest BCUT2D eigenvalue weighted by Gasteiger charge is 2.26. The lowest BCUT2D eigenvalue weighted by atomic mass is 10.1. The van der Waals surface area contributed by atoms with Gasteiger partial charge in [0.2, 0.25) is 5.28 Å². The fourth-order valence-corrected chi connectivity index (χ4v) is 3.93. The van der Waals surface area contributed by atoms with Crippen LogP contribution in [0.1, 0.15) is 32.0 Å². The summed E-state index contributed by atoms with van der Waals surface area (Å²) in [6, 6.07) is 0.246. The Balaban J connectivity index is 1.72. The van der Waals surface area contributed by atoms with Crippen LogP contribution in [0, 0.1) is 0 Å². The van der Waals surface area contributed by atoms with Crippen LogP contribution in [0.25, 0.3) is 11.2 Å². The van der Waals surface area contributed by atoms with Crippen LogP contribution >= 0.6 is 11.6 Å². The molecule has 0 unspecified atom stereocenters. The van der Waals surface area contributed by atoms with Gasteiger partial charge < -0.3 is 14.2 Å². The quantitative estimate of drug-likeness (QED) is 0.778. The Kier molecular flexibility index (Phi) is 4.80. The van der Waals surface area contributed by atoms with E-state index in [2.05, 4.69) is 31.3 Å². The average molecular weight is 365 g/mol. The van der Waals surface area contributed by atoms with Crippen molar-refractivity contribution in [2.45, 2.75) is 38.8 Å². The van der Waals surface area contributed by atoms with Gasteiger partial charge in [0, 0.05) is 13.6 Å². The number of ether oxygens (including phenoxy) is 1. The summed E-state index contributed by atoms with van der Waals surface area (Å²) in [6.07, 6.45) is 3.87. The van der Waals surface area contributed by atoms with E-state index in [0.29, 0.717) is 13.2 Å². The van der Waals surface area contributed by atoms with Crippen molar-refractivity contribution in [1.82, 2.24) is 24.4 Å².